The summed E-state index contributed by atoms with van der Waals surface area (Å²) in [7, 11) is 2.31. The van der Waals surface area contributed by atoms with Crippen LogP contribution in [-0.2, 0) is 18.1 Å². The zero-order chi connectivity index (χ0) is 14.3. The predicted octanol–water partition coefficient (Wildman–Crippen LogP) is -1.00. The average Bonchev–Trinajstić information content (AvgIpc) is 2.82. The number of carboxylic acids is 1. The van der Waals surface area contributed by atoms with Crippen molar-refractivity contribution in [2.24, 2.45) is 0 Å². The summed E-state index contributed by atoms with van der Waals surface area (Å²) >= 11 is 0. The molecule has 0 bridgehead atoms. The number of nitrogens with zero attached hydrogens (tertiary/aromatic N) is 2. The van der Waals surface area contributed by atoms with Crippen molar-refractivity contribution in [2.45, 2.75) is 19.9 Å². The normalized spacial score (nSPS) is 14.9. The quantitative estimate of drug-likeness (QED) is 0.402. The number of aliphatic carboxylic acids is 1. The van der Waals surface area contributed by atoms with Crippen LogP contribution in [0.4, 0.5) is 0 Å². The van der Waals surface area contributed by atoms with Gasteiger partial charge in [0.15, 0.2) is 0 Å². The minimum atomic E-state index is -2.49. The first-order valence-electron chi connectivity index (χ1n) is 6.23. The minimum Gasteiger partial charge on any atom is -0.546 e. The highest BCUT2D eigenvalue weighted by Crippen LogP contribution is 2.15. The number of rotatable bonds is 9. The lowest BCUT2D eigenvalue weighted by Gasteiger charge is -2.24. The van der Waals surface area contributed by atoms with Crippen molar-refractivity contribution >= 4 is 21.1 Å². The first-order valence-corrected chi connectivity index (χ1v) is 8.17. The van der Waals surface area contributed by atoms with Crippen molar-refractivity contribution in [1.82, 2.24) is 4.90 Å². The fourth-order valence-electron chi connectivity index (χ4n) is 2.11. The van der Waals surface area contributed by atoms with Crippen LogP contribution >= 0.6 is 0 Å². The Bertz CT molecular complexity index is 326. The number of hydrogen-bond donors (Lipinski definition) is 0. The number of carbonyl (C=O) groups is 1. The van der Waals surface area contributed by atoms with Gasteiger partial charge in [-0.15, -0.1) is 0 Å². The molecule has 0 aromatic rings. The summed E-state index contributed by atoms with van der Waals surface area (Å²) in [5.41, 5.74) is 0. The zero-order valence-corrected chi connectivity index (χ0v) is 12.8. The van der Waals surface area contributed by atoms with Crippen LogP contribution in [0.1, 0.15) is 13.8 Å². The highest BCUT2D eigenvalue weighted by Gasteiger charge is 2.37. The highest BCUT2D eigenvalue weighted by molar-refractivity contribution is 6.60. The third kappa shape index (κ3) is 5.57. The van der Waals surface area contributed by atoms with Crippen LogP contribution in [0.3, 0.4) is 0 Å². The molecule has 8 heteroatoms. The van der Waals surface area contributed by atoms with Gasteiger partial charge in [-0.3, -0.25) is 9.48 Å². The smallest absolute Gasteiger partial charge is 0.500 e. The van der Waals surface area contributed by atoms with E-state index in [9.17, 15) is 9.90 Å². The molecule has 1 aliphatic heterocycles. The molecule has 0 amide bonds. The maximum Gasteiger partial charge on any atom is 0.500 e. The van der Waals surface area contributed by atoms with Crippen molar-refractivity contribution in [3.05, 3.63) is 0 Å². The van der Waals surface area contributed by atoms with E-state index in [0.29, 0.717) is 0 Å². The molecule has 0 aliphatic carbocycles. The van der Waals surface area contributed by atoms with E-state index >= 15 is 0 Å². The van der Waals surface area contributed by atoms with Crippen LogP contribution in [-0.4, -0.2) is 78.1 Å². The lowest BCUT2D eigenvalue weighted by atomic mass is 10.4. The lowest BCUT2D eigenvalue weighted by molar-refractivity contribution is -0.514. The summed E-state index contributed by atoms with van der Waals surface area (Å²) in [6.45, 7) is 2.32. The Morgan fingerprint density at radius 3 is 2.45 bits per heavy atom. The molecular weight excluding hydrogens is 280 g/mol. The fourth-order valence-corrected chi connectivity index (χ4v) is 3.82. The van der Waals surface area contributed by atoms with Crippen LogP contribution in [0.2, 0.25) is 6.04 Å². The Labute approximate surface area is 122 Å². The average molecular weight is 306 g/mol. The van der Waals surface area contributed by atoms with Crippen LogP contribution < -0.4 is 5.11 Å². The molecule has 20 heavy (non-hydrogen) atoms. The van der Waals surface area contributed by atoms with Gasteiger partial charge in [0.25, 0.3) is 0 Å². The molecule has 118 valence electrons. The molecule has 0 atom stereocenters. The lowest BCUT2D eigenvalue weighted by Crippen LogP contribution is -2.43. The van der Waals surface area contributed by atoms with Crippen molar-refractivity contribution in [3.8, 4) is 0 Å². The van der Waals surface area contributed by atoms with E-state index in [4.69, 9.17) is 13.3 Å². The van der Waals surface area contributed by atoms with Crippen molar-refractivity contribution in [2.75, 3.05) is 47.5 Å². The molecular formula is C12H26N2O5Si. The first kappa shape index (κ1) is 19.0. The number of hydrogen-bond acceptors (Lipinski definition) is 6. The minimum absolute atomic E-state index is 0. The van der Waals surface area contributed by atoms with Gasteiger partial charge in [-0.05, 0) is 6.42 Å². The van der Waals surface area contributed by atoms with Crippen molar-refractivity contribution in [3.63, 3.8) is 0 Å². The van der Waals surface area contributed by atoms with Gasteiger partial charge in [0, 0.05) is 27.4 Å². The van der Waals surface area contributed by atoms with Crippen LogP contribution in [0.5, 0.6) is 0 Å². The molecule has 1 aliphatic rings. The van der Waals surface area contributed by atoms with E-state index in [1.54, 1.807) is 25.9 Å². The molecule has 0 saturated carbocycles. The molecule has 0 unspecified atom stereocenters. The van der Waals surface area contributed by atoms with E-state index in [1.807, 2.05) is 6.34 Å². The SMILES string of the molecule is C.CO[Si](CCCN1C=[N+](CC(=O)[O-])CC1)(OC)OC. The topological polar surface area (TPSA) is 74.1 Å². The van der Waals surface area contributed by atoms with E-state index in [1.165, 1.54) is 0 Å². The molecule has 0 aromatic carbocycles. The third-order valence-electron chi connectivity index (χ3n) is 3.19. The Morgan fingerprint density at radius 1 is 1.35 bits per heavy atom. The van der Waals surface area contributed by atoms with Gasteiger partial charge in [-0.2, -0.15) is 0 Å². The van der Waals surface area contributed by atoms with Gasteiger partial charge in [-0.1, -0.05) is 7.43 Å². The van der Waals surface area contributed by atoms with Gasteiger partial charge in [0.1, 0.15) is 19.6 Å². The van der Waals surface area contributed by atoms with Gasteiger partial charge < -0.3 is 23.2 Å². The predicted molar refractivity (Wildman–Crippen MR) is 75.6 cm³/mol. The summed E-state index contributed by atoms with van der Waals surface area (Å²) in [4.78, 5) is 12.6. The summed E-state index contributed by atoms with van der Waals surface area (Å²) in [6, 6.07) is 0.737. The molecule has 0 fully saturated rings. The zero-order valence-electron chi connectivity index (χ0n) is 11.8. The van der Waals surface area contributed by atoms with Gasteiger partial charge in [0.2, 0.25) is 6.34 Å². The van der Waals surface area contributed by atoms with Crippen molar-refractivity contribution in [1.29, 1.82) is 0 Å². The van der Waals surface area contributed by atoms with Crippen LogP contribution in [0, 0.1) is 0 Å². The molecule has 0 aromatic heterocycles. The molecule has 0 radical (unpaired) electrons. The van der Waals surface area contributed by atoms with Gasteiger partial charge in [-0.25, -0.2) is 0 Å². The van der Waals surface area contributed by atoms with E-state index in [2.05, 4.69) is 4.90 Å². The fraction of sp³-hybridized carbons (Fsp3) is 0.833. The summed E-state index contributed by atoms with van der Waals surface area (Å²) < 4.78 is 17.8. The second kappa shape index (κ2) is 9.06. The highest BCUT2D eigenvalue weighted by atomic mass is 28.4. The molecule has 0 saturated heterocycles. The molecule has 0 N–H and O–H groups in total. The third-order valence-corrected chi connectivity index (χ3v) is 6.03. The van der Waals surface area contributed by atoms with Crippen LogP contribution in [0.25, 0.3) is 0 Å². The Morgan fingerprint density at radius 2 is 1.95 bits per heavy atom. The monoisotopic (exact) mass is 306 g/mol. The summed E-state index contributed by atoms with van der Waals surface area (Å²) in [5.74, 6) is -1.05. The van der Waals surface area contributed by atoms with Gasteiger partial charge in [0.05, 0.1) is 12.5 Å². The van der Waals surface area contributed by atoms with Crippen LogP contribution in [0.15, 0.2) is 0 Å². The van der Waals surface area contributed by atoms with Crippen molar-refractivity contribution < 1.29 is 27.8 Å². The Kier molecular flexibility index (Phi) is 8.62. The summed E-state index contributed by atoms with van der Waals surface area (Å²) in [5, 5.41) is 10.5. The molecule has 1 rings (SSSR count). The second-order valence-corrected chi connectivity index (χ2v) is 7.48. The maximum absolute atomic E-state index is 10.5. The summed E-state index contributed by atoms with van der Waals surface area (Å²) in [6.07, 6.45) is 2.71. The second-order valence-electron chi connectivity index (χ2n) is 4.39. The number of carboxylic acid groups (broad SMARTS) is 1. The van der Waals surface area contributed by atoms with E-state index in [-0.39, 0.29) is 14.0 Å². The van der Waals surface area contributed by atoms with Gasteiger partial charge >= 0.3 is 8.80 Å². The number of carbonyl (C=O) groups excluding carboxylic acids is 1. The first-order chi connectivity index (χ1) is 9.05. The Balaban J connectivity index is 0.00000361. The largest absolute Gasteiger partial charge is 0.546 e. The molecule has 7 nitrogen and oxygen atoms in total. The Hall–Kier alpha value is -0.963. The van der Waals surface area contributed by atoms with E-state index < -0.39 is 14.8 Å². The standard InChI is InChI=1S/C11H22N2O5Si.CH4/c1-16-19(17-2,18-3)8-4-5-12-6-7-13(10-12)9-11(14)15;/h10H,4-9H2,1-3H3;1H4. The van der Waals surface area contributed by atoms with E-state index in [0.717, 1.165) is 32.1 Å². The molecule has 1 heterocycles. The maximum atomic E-state index is 10.5. The molecule has 0 spiro atoms.